The molecular weight excluding hydrogens is 272 g/mol. The van der Waals surface area contributed by atoms with Gasteiger partial charge in [-0.25, -0.2) is 9.13 Å². The zero-order chi connectivity index (χ0) is 15.2. The maximum atomic E-state index is 5.50. The highest BCUT2D eigenvalue weighted by molar-refractivity contribution is 4.65. The van der Waals surface area contributed by atoms with Crippen LogP contribution >= 0.6 is 0 Å². The third-order valence-electron chi connectivity index (χ3n) is 2.78. The number of imidazole rings is 1. The number of nitrogens with zero attached hydrogens (tertiary/aromatic N) is 2. The van der Waals surface area contributed by atoms with E-state index in [4.69, 9.17) is 18.9 Å². The third kappa shape index (κ3) is 10.4. The van der Waals surface area contributed by atoms with Crippen LogP contribution in [0.5, 0.6) is 0 Å². The van der Waals surface area contributed by atoms with E-state index in [1.165, 1.54) is 0 Å². The molecule has 0 N–H and O–H groups in total. The second kappa shape index (κ2) is 12.8. The molecule has 0 saturated carbocycles. The first-order valence-corrected chi connectivity index (χ1v) is 7.65. The Morgan fingerprint density at radius 1 is 0.810 bits per heavy atom. The predicted molar refractivity (Wildman–Crippen MR) is 79.2 cm³/mol. The van der Waals surface area contributed by atoms with E-state index in [9.17, 15) is 0 Å². The summed E-state index contributed by atoms with van der Waals surface area (Å²) in [5.74, 6) is 0. The van der Waals surface area contributed by atoms with Crippen molar-refractivity contribution in [2.75, 3.05) is 52.9 Å². The Hall–Kier alpha value is -0.950. The fraction of sp³-hybridized carbons (Fsp3) is 0.800. The lowest BCUT2D eigenvalue weighted by molar-refractivity contribution is -0.671. The Bertz CT molecular complexity index is 344. The van der Waals surface area contributed by atoms with Gasteiger partial charge in [-0.05, 0) is 6.42 Å². The maximum Gasteiger partial charge on any atom is 0.243 e. The normalized spacial score (nSPS) is 11.1. The third-order valence-corrected chi connectivity index (χ3v) is 2.78. The van der Waals surface area contributed by atoms with Gasteiger partial charge in [0.1, 0.15) is 18.9 Å². The smallest absolute Gasteiger partial charge is 0.243 e. The van der Waals surface area contributed by atoms with Gasteiger partial charge < -0.3 is 18.9 Å². The van der Waals surface area contributed by atoms with Crippen LogP contribution in [0.2, 0.25) is 0 Å². The lowest BCUT2D eigenvalue weighted by Gasteiger charge is -2.06. The minimum Gasteiger partial charge on any atom is -0.379 e. The molecule has 0 aromatic carbocycles. The van der Waals surface area contributed by atoms with Crippen LogP contribution in [0.3, 0.4) is 0 Å². The van der Waals surface area contributed by atoms with E-state index in [1.807, 2.05) is 30.3 Å². The van der Waals surface area contributed by atoms with Crippen molar-refractivity contribution in [1.82, 2.24) is 4.57 Å². The first-order chi connectivity index (χ1) is 10.3. The van der Waals surface area contributed by atoms with Crippen LogP contribution in [0.25, 0.3) is 0 Å². The van der Waals surface area contributed by atoms with Gasteiger partial charge in [-0.2, -0.15) is 0 Å². The van der Waals surface area contributed by atoms with Gasteiger partial charge in [-0.1, -0.05) is 6.92 Å². The quantitative estimate of drug-likeness (QED) is 0.376. The monoisotopic (exact) mass is 301 g/mol. The van der Waals surface area contributed by atoms with Crippen LogP contribution in [0, 0.1) is 0 Å². The van der Waals surface area contributed by atoms with E-state index in [0.717, 1.165) is 19.6 Å². The fourth-order valence-electron chi connectivity index (χ4n) is 1.71. The molecule has 1 heterocycles. The van der Waals surface area contributed by atoms with Crippen molar-refractivity contribution >= 4 is 0 Å². The minimum atomic E-state index is 0.602. The summed E-state index contributed by atoms with van der Waals surface area (Å²) >= 11 is 0. The van der Waals surface area contributed by atoms with Crippen molar-refractivity contribution in [2.24, 2.45) is 7.05 Å². The summed E-state index contributed by atoms with van der Waals surface area (Å²) in [7, 11) is 2.00. The molecule has 122 valence electrons. The number of ether oxygens (including phenoxy) is 4. The van der Waals surface area contributed by atoms with E-state index in [-0.39, 0.29) is 0 Å². The van der Waals surface area contributed by atoms with Crippen LogP contribution in [-0.2, 0) is 32.5 Å². The second-order valence-corrected chi connectivity index (χ2v) is 4.77. The molecule has 0 aliphatic carbocycles. The molecule has 0 saturated heterocycles. The molecule has 0 atom stereocenters. The van der Waals surface area contributed by atoms with Crippen molar-refractivity contribution in [1.29, 1.82) is 0 Å². The molecule has 0 aliphatic rings. The molecule has 1 rings (SSSR count). The number of hydrogen-bond acceptors (Lipinski definition) is 4. The Kier molecular flexibility index (Phi) is 11.0. The van der Waals surface area contributed by atoms with Crippen LogP contribution in [-0.4, -0.2) is 57.4 Å². The number of aryl methyl sites for hydroxylation is 1. The summed E-state index contributed by atoms with van der Waals surface area (Å²) in [5, 5.41) is 0. The van der Waals surface area contributed by atoms with E-state index in [0.29, 0.717) is 46.2 Å². The Morgan fingerprint density at radius 3 is 1.81 bits per heavy atom. The van der Waals surface area contributed by atoms with Crippen LogP contribution in [0.1, 0.15) is 13.3 Å². The molecule has 0 unspecified atom stereocenters. The van der Waals surface area contributed by atoms with Crippen molar-refractivity contribution in [3.05, 3.63) is 18.7 Å². The molecular formula is C15H29N2O4+. The molecule has 6 heteroatoms. The molecule has 0 radical (unpaired) electrons. The first-order valence-electron chi connectivity index (χ1n) is 7.65. The van der Waals surface area contributed by atoms with Crippen LogP contribution in [0.15, 0.2) is 18.7 Å². The minimum absolute atomic E-state index is 0.602. The average Bonchev–Trinajstić information content (AvgIpc) is 2.89. The van der Waals surface area contributed by atoms with Gasteiger partial charge in [0, 0.05) is 6.61 Å². The zero-order valence-electron chi connectivity index (χ0n) is 13.3. The largest absolute Gasteiger partial charge is 0.379 e. The van der Waals surface area contributed by atoms with Crippen molar-refractivity contribution in [2.45, 2.75) is 19.9 Å². The Labute approximate surface area is 127 Å². The SMILES string of the molecule is CCCOCCOCCOCCOCCn1cc[n+](C)c1. The van der Waals surface area contributed by atoms with Gasteiger partial charge >= 0.3 is 0 Å². The molecule has 0 fully saturated rings. The molecule has 6 nitrogen and oxygen atoms in total. The molecule has 0 amide bonds. The van der Waals surface area contributed by atoms with E-state index >= 15 is 0 Å². The lowest BCUT2D eigenvalue weighted by Crippen LogP contribution is -2.24. The second-order valence-electron chi connectivity index (χ2n) is 4.77. The molecule has 0 bridgehead atoms. The summed E-state index contributed by atoms with van der Waals surface area (Å²) in [6.45, 7) is 8.18. The number of aromatic nitrogens is 2. The van der Waals surface area contributed by atoms with E-state index < -0.39 is 0 Å². The van der Waals surface area contributed by atoms with Crippen molar-refractivity contribution in [3.8, 4) is 0 Å². The van der Waals surface area contributed by atoms with Crippen molar-refractivity contribution in [3.63, 3.8) is 0 Å². The summed E-state index contributed by atoms with van der Waals surface area (Å²) < 4.78 is 25.7. The Morgan fingerprint density at radius 2 is 1.33 bits per heavy atom. The fourth-order valence-corrected chi connectivity index (χ4v) is 1.71. The highest BCUT2D eigenvalue weighted by Gasteiger charge is 1.99. The van der Waals surface area contributed by atoms with Gasteiger partial charge in [0.15, 0.2) is 0 Å². The van der Waals surface area contributed by atoms with Gasteiger partial charge in [-0.15, -0.1) is 0 Å². The number of hydrogen-bond donors (Lipinski definition) is 0. The van der Waals surface area contributed by atoms with Crippen molar-refractivity contribution < 1.29 is 23.5 Å². The standard InChI is InChI=1S/C15H29N2O4/c1-3-7-18-9-11-20-13-14-21-12-10-19-8-6-17-5-4-16(2)15-17/h4-5,15H,3,6-14H2,1-2H3/q+1. The summed E-state index contributed by atoms with van der Waals surface area (Å²) in [6.07, 6.45) is 7.12. The van der Waals surface area contributed by atoms with Crippen LogP contribution in [0.4, 0.5) is 0 Å². The van der Waals surface area contributed by atoms with Gasteiger partial charge in [0.2, 0.25) is 6.33 Å². The van der Waals surface area contributed by atoms with Crippen LogP contribution < -0.4 is 4.57 Å². The molecule has 21 heavy (non-hydrogen) atoms. The summed E-state index contributed by atoms with van der Waals surface area (Å²) in [6, 6.07) is 0. The number of rotatable bonds is 14. The average molecular weight is 301 g/mol. The topological polar surface area (TPSA) is 45.7 Å². The highest BCUT2D eigenvalue weighted by atomic mass is 16.6. The van der Waals surface area contributed by atoms with E-state index in [1.54, 1.807) is 0 Å². The summed E-state index contributed by atoms with van der Waals surface area (Å²) in [4.78, 5) is 0. The first kappa shape index (κ1) is 18.1. The molecule has 0 spiro atoms. The zero-order valence-corrected chi connectivity index (χ0v) is 13.3. The molecule has 1 aromatic rings. The van der Waals surface area contributed by atoms with Gasteiger partial charge in [-0.3, -0.25) is 0 Å². The Balaban J connectivity index is 1.74. The van der Waals surface area contributed by atoms with Gasteiger partial charge in [0.25, 0.3) is 0 Å². The lowest BCUT2D eigenvalue weighted by atomic mass is 10.5. The summed E-state index contributed by atoms with van der Waals surface area (Å²) in [5.41, 5.74) is 0. The molecule has 1 aromatic heterocycles. The maximum absolute atomic E-state index is 5.50. The van der Waals surface area contributed by atoms with E-state index in [2.05, 4.69) is 11.5 Å². The van der Waals surface area contributed by atoms with Gasteiger partial charge in [0.05, 0.1) is 53.3 Å². The highest BCUT2D eigenvalue weighted by Crippen LogP contribution is 1.87. The molecule has 0 aliphatic heterocycles. The predicted octanol–water partition coefficient (Wildman–Crippen LogP) is 0.789.